The van der Waals surface area contributed by atoms with Crippen molar-refractivity contribution in [1.82, 2.24) is 15.5 Å². The molecule has 0 aromatic rings. The zero-order valence-corrected chi connectivity index (χ0v) is 10.9. The second-order valence-electron chi connectivity index (χ2n) is 4.48. The van der Waals surface area contributed by atoms with Crippen molar-refractivity contribution in [2.75, 3.05) is 33.7 Å². The molecule has 104 valence electrons. The van der Waals surface area contributed by atoms with E-state index in [0.717, 1.165) is 6.42 Å². The predicted molar refractivity (Wildman–Crippen MR) is 67.0 cm³/mol. The Bertz CT molecular complexity index is 296. The normalized spacial score (nSPS) is 22.6. The van der Waals surface area contributed by atoms with Crippen LogP contribution in [0.3, 0.4) is 0 Å². The Labute approximate surface area is 107 Å². The molecule has 0 aliphatic carbocycles. The SMILES string of the molecule is CN(C)C(=O)NCCNC(=O)C1CCC(CN)O1. The van der Waals surface area contributed by atoms with Crippen LogP contribution < -0.4 is 16.4 Å². The Kier molecular flexibility index (Phi) is 5.87. The smallest absolute Gasteiger partial charge is 0.316 e. The monoisotopic (exact) mass is 258 g/mol. The second kappa shape index (κ2) is 7.17. The Morgan fingerprint density at radius 1 is 1.28 bits per heavy atom. The Hall–Kier alpha value is -1.34. The summed E-state index contributed by atoms with van der Waals surface area (Å²) in [7, 11) is 3.32. The van der Waals surface area contributed by atoms with E-state index >= 15 is 0 Å². The highest BCUT2D eigenvalue weighted by molar-refractivity contribution is 5.81. The first kappa shape index (κ1) is 14.7. The fraction of sp³-hybridized carbons (Fsp3) is 0.818. The molecular weight excluding hydrogens is 236 g/mol. The number of nitrogens with two attached hydrogens (primary N) is 1. The van der Waals surface area contributed by atoms with Gasteiger partial charge in [0.05, 0.1) is 6.10 Å². The lowest BCUT2D eigenvalue weighted by atomic mass is 10.2. The van der Waals surface area contributed by atoms with Crippen molar-refractivity contribution in [2.45, 2.75) is 25.0 Å². The third-order valence-corrected chi connectivity index (χ3v) is 2.77. The van der Waals surface area contributed by atoms with Crippen molar-refractivity contribution < 1.29 is 14.3 Å². The van der Waals surface area contributed by atoms with Crippen molar-refractivity contribution in [3.05, 3.63) is 0 Å². The first-order chi connectivity index (χ1) is 8.54. The molecule has 1 saturated heterocycles. The largest absolute Gasteiger partial charge is 0.364 e. The van der Waals surface area contributed by atoms with E-state index in [2.05, 4.69) is 10.6 Å². The summed E-state index contributed by atoms with van der Waals surface area (Å²) in [5.74, 6) is -0.134. The fourth-order valence-electron chi connectivity index (χ4n) is 1.70. The number of ether oxygens (including phenoxy) is 1. The number of amides is 3. The molecule has 2 atom stereocenters. The lowest BCUT2D eigenvalue weighted by molar-refractivity contribution is -0.131. The molecule has 1 aliphatic heterocycles. The molecule has 0 saturated carbocycles. The van der Waals surface area contributed by atoms with Crippen LogP contribution in [0.15, 0.2) is 0 Å². The number of nitrogens with one attached hydrogen (secondary N) is 2. The molecule has 2 unspecified atom stereocenters. The zero-order chi connectivity index (χ0) is 13.5. The molecule has 7 nitrogen and oxygen atoms in total. The van der Waals surface area contributed by atoms with Crippen LogP contribution in [-0.4, -0.2) is 62.8 Å². The van der Waals surface area contributed by atoms with Gasteiger partial charge in [-0.3, -0.25) is 4.79 Å². The molecule has 0 aromatic carbocycles. The maximum atomic E-state index is 11.7. The molecule has 1 heterocycles. The topological polar surface area (TPSA) is 96.7 Å². The van der Waals surface area contributed by atoms with E-state index in [0.29, 0.717) is 26.1 Å². The zero-order valence-electron chi connectivity index (χ0n) is 10.9. The molecule has 0 spiro atoms. The van der Waals surface area contributed by atoms with Gasteiger partial charge in [0.2, 0.25) is 5.91 Å². The molecule has 18 heavy (non-hydrogen) atoms. The van der Waals surface area contributed by atoms with Gasteiger partial charge in [-0.2, -0.15) is 0 Å². The van der Waals surface area contributed by atoms with Crippen LogP contribution in [0.25, 0.3) is 0 Å². The summed E-state index contributed by atoms with van der Waals surface area (Å²) < 4.78 is 5.46. The van der Waals surface area contributed by atoms with E-state index < -0.39 is 6.10 Å². The molecule has 1 rings (SSSR count). The maximum Gasteiger partial charge on any atom is 0.316 e. The summed E-state index contributed by atoms with van der Waals surface area (Å²) in [6, 6.07) is -0.176. The summed E-state index contributed by atoms with van der Waals surface area (Å²) >= 11 is 0. The first-order valence-electron chi connectivity index (χ1n) is 6.13. The minimum Gasteiger partial charge on any atom is -0.364 e. The molecule has 3 amide bonds. The van der Waals surface area contributed by atoms with Crippen LogP contribution in [-0.2, 0) is 9.53 Å². The summed E-state index contributed by atoms with van der Waals surface area (Å²) in [5, 5.41) is 5.38. The summed E-state index contributed by atoms with van der Waals surface area (Å²) in [4.78, 5) is 24.3. The van der Waals surface area contributed by atoms with Crippen molar-refractivity contribution in [1.29, 1.82) is 0 Å². The Balaban J connectivity index is 2.13. The van der Waals surface area contributed by atoms with Crippen LogP contribution >= 0.6 is 0 Å². The highest BCUT2D eigenvalue weighted by atomic mass is 16.5. The van der Waals surface area contributed by atoms with Crippen LogP contribution in [0.2, 0.25) is 0 Å². The molecule has 1 aliphatic rings. The lowest BCUT2D eigenvalue weighted by Gasteiger charge is -2.14. The van der Waals surface area contributed by atoms with Gasteiger partial charge in [0.1, 0.15) is 6.10 Å². The van der Waals surface area contributed by atoms with Gasteiger partial charge in [-0.05, 0) is 12.8 Å². The number of hydrogen-bond donors (Lipinski definition) is 3. The van der Waals surface area contributed by atoms with Gasteiger partial charge < -0.3 is 26.0 Å². The van der Waals surface area contributed by atoms with Crippen molar-refractivity contribution in [2.24, 2.45) is 5.73 Å². The predicted octanol–water partition coefficient (Wildman–Crippen LogP) is -1.12. The first-order valence-corrected chi connectivity index (χ1v) is 6.13. The Morgan fingerprint density at radius 2 is 1.94 bits per heavy atom. The third kappa shape index (κ3) is 4.50. The van der Waals surface area contributed by atoms with E-state index in [9.17, 15) is 9.59 Å². The van der Waals surface area contributed by atoms with Crippen LogP contribution in [0.5, 0.6) is 0 Å². The average molecular weight is 258 g/mol. The van der Waals surface area contributed by atoms with Crippen molar-refractivity contribution in [3.63, 3.8) is 0 Å². The van der Waals surface area contributed by atoms with E-state index in [1.807, 2.05) is 0 Å². The van der Waals surface area contributed by atoms with Crippen LogP contribution in [0.1, 0.15) is 12.8 Å². The van der Waals surface area contributed by atoms with E-state index in [1.165, 1.54) is 4.90 Å². The number of hydrogen-bond acceptors (Lipinski definition) is 4. The minimum atomic E-state index is -0.400. The quantitative estimate of drug-likeness (QED) is 0.544. The number of carbonyl (C=O) groups is 2. The number of carbonyl (C=O) groups excluding carboxylic acids is 2. The van der Waals surface area contributed by atoms with Gasteiger partial charge in [-0.15, -0.1) is 0 Å². The highest BCUT2D eigenvalue weighted by Gasteiger charge is 2.29. The van der Waals surface area contributed by atoms with Crippen molar-refractivity contribution in [3.8, 4) is 0 Å². The molecule has 0 radical (unpaired) electrons. The average Bonchev–Trinajstić information content (AvgIpc) is 2.82. The van der Waals surface area contributed by atoms with Crippen LogP contribution in [0.4, 0.5) is 4.79 Å². The lowest BCUT2D eigenvalue weighted by Crippen LogP contribution is -2.42. The highest BCUT2D eigenvalue weighted by Crippen LogP contribution is 2.18. The fourth-order valence-corrected chi connectivity index (χ4v) is 1.70. The molecule has 1 fully saturated rings. The maximum absolute atomic E-state index is 11.7. The van der Waals surface area contributed by atoms with E-state index in [1.54, 1.807) is 14.1 Å². The third-order valence-electron chi connectivity index (χ3n) is 2.77. The number of nitrogens with zero attached hydrogens (tertiary/aromatic N) is 1. The van der Waals surface area contributed by atoms with Gasteiger partial charge in [0.15, 0.2) is 0 Å². The summed E-state index contributed by atoms with van der Waals surface area (Å²) in [5.41, 5.74) is 5.47. The van der Waals surface area contributed by atoms with Crippen LogP contribution in [0, 0.1) is 0 Å². The molecular formula is C11H22N4O3. The standard InChI is InChI=1S/C11H22N4O3/c1-15(2)11(17)14-6-5-13-10(16)9-4-3-8(7-12)18-9/h8-9H,3-7,12H2,1-2H3,(H,13,16)(H,14,17). The summed E-state index contributed by atoms with van der Waals surface area (Å²) in [6.07, 6.45) is 1.13. The summed E-state index contributed by atoms with van der Waals surface area (Å²) in [6.45, 7) is 1.24. The van der Waals surface area contributed by atoms with Gasteiger partial charge >= 0.3 is 6.03 Å². The Morgan fingerprint density at radius 3 is 2.50 bits per heavy atom. The van der Waals surface area contributed by atoms with Gasteiger partial charge in [-0.25, -0.2) is 4.79 Å². The number of urea groups is 1. The minimum absolute atomic E-state index is 0.00538. The van der Waals surface area contributed by atoms with Gasteiger partial charge in [0, 0.05) is 33.7 Å². The molecule has 0 bridgehead atoms. The van der Waals surface area contributed by atoms with E-state index in [4.69, 9.17) is 10.5 Å². The van der Waals surface area contributed by atoms with Gasteiger partial charge in [0.25, 0.3) is 0 Å². The van der Waals surface area contributed by atoms with Crippen molar-refractivity contribution >= 4 is 11.9 Å². The van der Waals surface area contributed by atoms with E-state index in [-0.39, 0.29) is 18.0 Å². The molecule has 4 N–H and O–H groups in total. The second-order valence-corrected chi connectivity index (χ2v) is 4.48. The number of rotatable bonds is 5. The molecule has 7 heteroatoms. The molecule has 0 aromatic heterocycles. The van der Waals surface area contributed by atoms with Gasteiger partial charge in [-0.1, -0.05) is 0 Å².